The van der Waals surface area contributed by atoms with E-state index in [0.29, 0.717) is 5.95 Å². The Kier molecular flexibility index (Phi) is 13.6. The minimum atomic E-state index is -5.08. The summed E-state index contributed by atoms with van der Waals surface area (Å²) >= 11 is 3.25. The van der Waals surface area contributed by atoms with Crippen molar-refractivity contribution in [3.63, 3.8) is 0 Å². The number of carbonyl (C=O) groups is 2. The van der Waals surface area contributed by atoms with Crippen LogP contribution in [0, 0.1) is 11.6 Å². The Hall–Kier alpha value is -3.48. The second-order valence-corrected chi connectivity index (χ2v) is 9.42. The van der Waals surface area contributed by atoms with Gasteiger partial charge in [0.2, 0.25) is 11.8 Å². The van der Waals surface area contributed by atoms with E-state index in [1.54, 1.807) is 4.57 Å². The van der Waals surface area contributed by atoms with Crippen molar-refractivity contribution in [1.82, 2.24) is 14.9 Å². The Morgan fingerprint density at radius 2 is 1.60 bits per heavy atom. The summed E-state index contributed by atoms with van der Waals surface area (Å²) in [5.41, 5.74) is -0.105. The molecule has 0 unspecified atom stereocenters. The molecule has 10 nitrogen and oxygen atoms in total. The number of alkyl halides is 6. The summed E-state index contributed by atoms with van der Waals surface area (Å²) in [6.07, 6.45) is -8.33. The molecule has 1 aliphatic rings. The second-order valence-electron chi connectivity index (χ2n) is 8.62. The number of hydrogen-bond acceptors (Lipinski definition) is 7. The van der Waals surface area contributed by atoms with Gasteiger partial charge in [-0.3, -0.25) is 9.36 Å². The molecule has 1 saturated heterocycles. The van der Waals surface area contributed by atoms with Crippen molar-refractivity contribution in [2.24, 2.45) is 0 Å². The van der Waals surface area contributed by atoms with Crippen LogP contribution in [0.25, 0.3) is 0 Å². The number of benzene rings is 1. The fourth-order valence-electron chi connectivity index (χ4n) is 3.10. The van der Waals surface area contributed by atoms with Crippen LogP contribution in [0.15, 0.2) is 27.5 Å². The van der Waals surface area contributed by atoms with E-state index in [4.69, 9.17) is 24.5 Å². The van der Waals surface area contributed by atoms with Gasteiger partial charge in [-0.2, -0.15) is 31.3 Å². The number of nitrogens with zero attached hydrogens (tertiary/aromatic N) is 2. The molecule has 4 N–H and O–H groups in total. The highest BCUT2D eigenvalue weighted by atomic mass is 79.9. The molecule has 0 bridgehead atoms. The summed E-state index contributed by atoms with van der Waals surface area (Å²) < 4.78 is 97.7. The first-order valence-corrected chi connectivity index (χ1v) is 12.5. The van der Waals surface area contributed by atoms with Gasteiger partial charge in [0.25, 0.3) is 5.56 Å². The molecular formula is C23H25BrF8N4O6. The lowest BCUT2D eigenvalue weighted by atomic mass is 10.1. The standard InChI is InChI=1S/C19H23BrF2N4O2.2C2HF3O2/c1-11(2)26-18(27)16(20)17(25-19(26)24-14-5-7-23-8-6-14)28-10-12-3-4-13(21)9-15(12)22;2*3-2(4,5)1(6)7/h3-4,9,11,14,23H,5-8,10H2,1-2H3,(H,24,25);2*(H,6,7). The molecule has 236 valence electrons. The first-order chi connectivity index (χ1) is 19.2. The summed E-state index contributed by atoms with van der Waals surface area (Å²) in [6.45, 7) is 5.42. The van der Waals surface area contributed by atoms with E-state index in [0.717, 1.165) is 38.1 Å². The van der Waals surface area contributed by atoms with Crippen molar-refractivity contribution in [3.05, 3.63) is 50.2 Å². The summed E-state index contributed by atoms with van der Waals surface area (Å²) in [5.74, 6) is -6.39. The van der Waals surface area contributed by atoms with Crippen molar-refractivity contribution < 1.29 is 59.7 Å². The fraction of sp³-hybridized carbons (Fsp3) is 0.478. The lowest BCUT2D eigenvalue weighted by Gasteiger charge is -2.26. The van der Waals surface area contributed by atoms with Crippen molar-refractivity contribution >= 4 is 33.8 Å². The van der Waals surface area contributed by atoms with Crippen molar-refractivity contribution in [2.45, 2.75) is 57.7 Å². The molecule has 0 atom stereocenters. The Labute approximate surface area is 240 Å². The molecule has 1 aromatic heterocycles. The number of rotatable bonds is 6. The van der Waals surface area contributed by atoms with E-state index >= 15 is 0 Å². The molecule has 0 radical (unpaired) electrons. The third-order valence-corrected chi connectivity index (χ3v) is 5.76. The molecule has 2 aromatic rings. The lowest BCUT2D eigenvalue weighted by molar-refractivity contribution is -0.193. The zero-order valence-electron chi connectivity index (χ0n) is 21.7. The smallest absolute Gasteiger partial charge is 0.475 e. The van der Waals surface area contributed by atoms with Gasteiger partial charge in [-0.25, -0.2) is 18.4 Å². The largest absolute Gasteiger partial charge is 0.490 e. The Morgan fingerprint density at radius 3 is 2.02 bits per heavy atom. The highest BCUT2D eigenvalue weighted by Crippen LogP contribution is 2.25. The number of aromatic nitrogens is 2. The number of carboxylic acid groups (broad SMARTS) is 2. The van der Waals surface area contributed by atoms with Gasteiger partial charge in [0.1, 0.15) is 22.7 Å². The molecule has 1 aromatic carbocycles. The van der Waals surface area contributed by atoms with Crippen molar-refractivity contribution in [1.29, 1.82) is 0 Å². The number of anilines is 1. The number of carboxylic acids is 2. The number of halogens is 9. The number of aliphatic carboxylic acids is 2. The van der Waals surface area contributed by atoms with Crippen LogP contribution < -0.4 is 20.9 Å². The predicted octanol–water partition coefficient (Wildman–Crippen LogP) is 4.87. The average molecular weight is 685 g/mol. The topological polar surface area (TPSA) is 143 Å². The molecule has 0 saturated carbocycles. The fourth-order valence-corrected chi connectivity index (χ4v) is 3.50. The molecule has 1 fully saturated rings. The molecule has 0 spiro atoms. The highest BCUT2D eigenvalue weighted by molar-refractivity contribution is 9.10. The Balaban J connectivity index is 0.000000522. The molecule has 0 aliphatic carbocycles. The van der Waals surface area contributed by atoms with E-state index < -0.39 is 35.9 Å². The summed E-state index contributed by atoms with van der Waals surface area (Å²) in [7, 11) is 0. The van der Waals surface area contributed by atoms with E-state index in [-0.39, 0.29) is 40.2 Å². The zero-order chi connectivity index (χ0) is 32.4. The minimum Gasteiger partial charge on any atom is -0.475 e. The van der Waals surface area contributed by atoms with Gasteiger partial charge in [0.15, 0.2) is 0 Å². The molecule has 1 aliphatic heterocycles. The van der Waals surface area contributed by atoms with Crippen LogP contribution in [0.1, 0.15) is 38.3 Å². The monoisotopic (exact) mass is 684 g/mol. The van der Waals surface area contributed by atoms with Crippen LogP contribution in [-0.2, 0) is 16.2 Å². The quantitative estimate of drug-likeness (QED) is 0.313. The van der Waals surface area contributed by atoms with Crippen LogP contribution >= 0.6 is 15.9 Å². The van der Waals surface area contributed by atoms with Gasteiger partial charge in [-0.1, -0.05) is 0 Å². The highest BCUT2D eigenvalue weighted by Gasteiger charge is 2.38. The maximum absolute atomic E-state index is 13.9. The minimum absolute atomic E-state index is 0.0714. The van der Waals surface area contributed by atoms with Crippen LogP contribution in [-0.4, -0.2) is 63.2 Å². The van der Waals surface area contributed by atoms with Gasteiger partial charge in [0.05, 0.1) is 0 Å². The molecule has 2 heterocycles. The van der Waals surface area contributed by atoms with Crippen LogP contribution in [0.4, 0.5) is 41.1 Å². The predicted molar refractivity (Wildman–Crippen MR) is 134 cm³/mol. The summed E-state index contributed by atoms with van der Waals surface area (Å²) in [6, 6.07) is 3.35. The van der Waals surface area contributed by atoms with Gasteiger partial charge >= 0.3 is 24.3 Å². The molecule has 0 amide bonds. The van der Waals surface area contributed by atoms with Crippen LogP contribution in [0.5, 0.6) is 5.88 Å². The molecular weight excluding hydrogens is 660 g/mol. The van der Waals surface area contributed by atoms with E-state index in [9.17, 15) is 39.9 Å². The number of ether oxygens (including phenoxy) is 1. The number of nitrogens with one attached hydrogen (secondary N) is 2. The summed E-state index contributed by atoms with van der Waals surface area (Å²) in [5, 5.41) is 20.9. The molecule has 3 rings (SSSR count). The third-order valence-electron chi connectivity index (χ3n) is 5.08. The molecule has 19 heteroatoms. The maximum Gasteiger partial charge on any atom is 0.490 e. The number of hydrogen-bond donors (Lipinski definition) is 4. The van der Waals surface area contributed by atoms with E-state index in [1.807, 2.05) is 13.8 Å². The maximum atomic E-state index is 13.9. The summed E-state index contributed by atoms with van der Waals surface area (Å²) in [4.78, 5) is 35.1. The van der Waals surface area contributed by atoms with Crippen molar-refractivity contribution in [3.8, 4) is 5.88 Å². The van der Waals surface area contributed by atoms with Gasteiger partial charge in [0, 0.05) is 23.7 Å². The van der Waals surface area contributed by atoms with E-state index in [1.165, 1.54) is 6.07 Å². The third kappa shape index (κ3) is 11.8. The van der Waals surface area contributed by atoms with Gasteiger partial charge < -0.3 is 25.6 Å². The Bertz CT molecular complexity index is 1260. The van der Waals surface area contributed by atoms with Gasteiger partial charge in [-0.15, -0.1) is 0 Å². The zero-order valence-corrected chi connectivity index (χ0v) is 23.3. The normalized spacial score (nSPS) is 13.8. The number of piperidine rings is 1. The lowest BCUT2D eigenvalue weighted by Crippen LogP contribution is -2.38. The Morgan fingerprint density at radius 1 is 1.10 bits per heavy atom. The van der Waals surface area contributed by atoms with Crippen molar-refractivity contribution in [2.75, 3.05) is 18.4 Å². The van der Waals surface area contributed by atoms with Crippen LogP contribution in [0.2, 0.25) is 0 Å². The molecule has 42 heavy (non-hydrogen) atoms. The van der Waals surface area contributed by atoms with Gasteiger partial charge in [-0.05, 0) is 67.8 Å². The van der Waals surface area contributed by atoms with E-state index in [2.05, 4.69) is 31.5 Å². The first kappa shape index (κ1) is 36.5. The first-order valence-electron chi connectivity index (χ1n) is 11.7. The SMILES string of the molecule is CC(C)n1c(NC2CCNCC2)nc(OCc2ccc(F)cc2F)c(Br)c1=O.O=C(O)C(F)(F)F.O=C(O)C(F)(F)F. The van der Waals surface area contributed by atoms with Crippen LogP contribution in [0.3, 0.4) is 0 Å². The average Bonchev–Trinajstić information content (AvgIpc) is 2.86. The second kappa shape index (κ2) is 15.7.